The highest BCUT2D eigenvalue weighted by Gasteiger charge is 2.23. The number of aromatic nitrogens is 2. The molecule has 9 nitrogen and oxygen atoms in total. The van der Waals surface area contributed by atoms with Crippen molar-refractivity contribution in [2.45, 2.75) is 13.0 Å². The van der Waals surface area contributed by atoms with E-state index < -0.39 is 18.1 Å². The van der Waals surface area contributed by atoms with Gasteiger partial charge in [0.1, 0.15) is 5.52 Å². The topological polar surface area (TPSA) is 120 Å². The van der Waals surface area contributed by atoms with E-state index in [1.54, 1.807) is 16.8 Å². The van der Waals surface area contributed by atoms with Gasteiger partial charge < -0.3 is 20.7 Å². The van der Waals surface area contributed by atoms with E-state index in [0.29, 0.717) is 24.2 Å². The molecule has 3 amide bonds. The number of fused-ring (bicyclic) bond motifs is 1. The number of carbonyl (C=O) groups excluding carboxylic acids is 3. The Hall–Kier alpha value is -3.88. The maximum absolute atomic E-state index is 11.7. The third-order valence-electron chi connectivity index (χ3n) is 4.73. The molecule has 2 aromatic carbocycles. The molecule has 1 aliphatic rings. The first-order valence-corrected chi connectivity index (χ1v) is 9.13. The lowest BCUT2D eigenvalue weighted by molar-refractivity contribution is 0.0971. The summed E-state index contributed by atoms with van der Waals surface area (Å²) in [5, 5.41) is 7.81. The van der Waals surface area contributed by atoms with E-state index in [1.165, 1.54) is 4.90 Å². The van der Waals surface area contributed by atoms with Gasteiger partial charge in [0.05, 0.1) is 11.3 Å². The summed E-state index contributed by atoms with van der Waals surface area (Å²) in [7, 11) is 0. The van der Waals surface area contributed by atoms with E-state index in [9.17, 15) is 14.4 Å². The van der Waals surface area contributed by atoms with Crippen LogP contribution in [0.1, 0.15) is 22.3 Å². The molecule has 148 valence electrons. The average Bonchev–Trinajstić information content (AvgIpc) is 3.09. The number of alkyl carbamates (subject to hydrolysis) is 1. The van der Waals surface area contributed by atoms with Crippen LogP contribution in [0, 0.1) is 0 Å². The number of nitrogens with zero attached hydrogens (tertiary/aromatic N) is 3. The second kappa shape index (κ2) is 7.63. The Morgan fingerprint density at radius 2 is 1.86 bits per heavy atom. The van der Waals surface area contributed by atoms with E-state index in [-0.39, 0.29) is 6.54 Å². The predicted octanol–water partition coefficient (Wildman–Crippen LogP) is 2.18. The number of rotatable bonds is 4. The van der Waals surface area contributed by atoms with Crippen LogP contribution in [0.25, 0.3) is 16.6 Å². The van der Waals surface area contributed by atoms with Gasteiger partial charge in [-0.15, -0.1) is 0 Å². The SMILES string of the molecule is NC(=O)c1cccc2cn(-c3ccc(CNC(=O)OC(=O)N4CCC4)cc3)nc12. The number of amides is 3. The molecule has 29 heavy (non-hydrogen) atoms. The Kier molecular flexibility index (Phi) is 4.86. The van der Waals surface area contributed by atoms with Crippen LogP contribution < -0.4 is 11.1 Å². The number of benzene rings is 2. The monoisotopic (exact) mass is 393 g/mol. The molecule has 9 heteroatoms. The van der Waals surface area contributed by atoms with Gasteiger partial charge in [-0.2, -0.15) is 5.10 Å². The van der Waals surface area contributed by atoms with Crippen LogP contribution in [0.15, 0.2) is 48.7 Å². The van der Waals surface area contributed by atoms with Gasteiger partial charge in [-0.3, -0.25) is 4.79 Å². The lowest BCUT2D eigenvalue weighted by atomic mass is 10.1. The Morgan fingerprint density at radius 1 is 1.10 bits per heavy atom. The van der Waals surface area contributed by atoms with Gasteiger partial charge in [-0.25, -0.2) is 14.3 Å². The number of carbonyl (C=O) groups is 3. The number of hydrogen-bond donors (Lipinski definition) is 2. The predicted molar refractivity (Wildman–Crippen MR) is 104 cm³/mol. The van der Waals surface area contributed by atoms with Crippen LogP contribution in [0.2, 0.25) is 0 Å². The Morgan fingerprint density at radius 3 is 2.52 bits per heavy atom. The zero-order chi connectivity index (χ0) is 20.4. The minimum absolute atomic E-state index is 0.222. The summed E-state index contributed by atoms with van der Waals surface area (Å²) in [6, 6.07) is 12.6. The van der Waals surface area contributed by atoms with Crippen LogP contribution in [-0.2, 0) is 11.3 Å². The first-order chi connectivity index (χ1) is 14.0. The van der Waals surface area contributed by atoms with E-state index in [1.807, 2.05) is 36.5 Å². The fourth-order valence-corrected chi connectivity index (χ4v) is 3.00. The molecular weight excluding hydrogens is 374 g/mol. The molecule has 0 bridgehead atoms. The first kappa shape index (κ1) is 18.5. The minimum atomic E-state index is -0.775. The minimum Gasteiger partial charge on any atom is -0.366 e. The fourth-order valence-electron chi connectivity index (χ4n) is 3.00. The molecule has 1 aromatic heterocycles. The Bertz CT molecular complexity index is 1090. The number of ether oxygens (including phenoxy) is 1. The van der Waals surface area contributed by atoms with E-state index in [2.05, 4.69) is 10.4 Å². The molecule has 4 rings (SSSR count). The number of likely N-dealkylation sites (tertiary alicyclic amines) is 1. The molecule has 0 atom stereocenters. The van der Waals surface area contributed by atoms with Crippen molar-refractivity contribution < 1.29 is 19.1 Å². The van der Waals surface area contributed by atoms with Gasteiger partial charge in [0.2, 0.25) is 0 Å². The van der Waals surface area contributed by atoms with Gasteiger partial charge in [-0.1, -0.05) is 24.3 Å². The van der Waals surface area contributed by atoms with Crippen LogP contribution >= 0.6 is 0 Å². The molecule has 1 aliphatic heterocycles. The number of primary amides is 1. The first-order valence-electron chi connectivity index (χ1n) is 9.13. The highest BCUT2D eigenvalue weighted by Crippen LogP contribution is 2.19. The average molecular weight is 393 g/mol. The lowest BCUT2D eigenvalue weighted by Gasteiger charge is -2.29. The maximum Gasteiger partial charge on any atom is 0.418 e. The van der Waals surface area contributed by atoms with Gasteiger partial charge >= 0.3 is 12.2 Å². The summed E-state index contributed by atoms with van der Waals surface area (Å²) in [6.07, 6.45) is 1.35. The molecule has 0 aliphatic carbocycles. The van der Waals surface area contributed by atoms with E-state index in [4.69, 9.17) is 10.5 Å². The van der Waals surface area contributed by atoms with Crippen LogP contribution in [-0.4, -0.2) is 45.9 Å². The smallest absolute Gasteiger partial charge is 0.366 e. The van der Waals surface area contributed by atoms with Crippen molar-refractivity contribution >= 4 is 29.0 Å². The summed E-state index contributed by atoms with van der Waals surface area (Å²) in [6.45, 7) is 1.47. The summed E-state index contributed by atoms with van der Waals surface area (Å²) >= 11 is 0. The Balaban J connectivity index is 1.41. The molecule has 1 fully saturated rings. The van der Waals surface area contributed by atoms with Gasteiger partial charge in [0, 0.05) is 31.2 Å². The van der Waals surface area contributed by atoms with Crippen molar-refractivity contribution in [2.24, 2.45) is 5.73 Å². The maximum atomic E-state index is 11.7. The Labute approximate surface area is 166 Å². The van der Waals surface area contributed by atoms with Crippen molar-refractivity contribution in [1.29, 1.82) is 0 Å². The molecular formula is C20H19N5O4. The fraction of sp³-hybridized carbons (Fsp3) is 0.200. The molecule has 3 aromatic rings. The number of nitrogens with one attached hydrogen (secondary N) is 1. The molecule has 0 saturated carbocycles. The molecule has 2 heterocycles. The molecule has 0 spiro atoms. The molecule has 3 N–H and O–H groups in total. The summed E-state index contributed by atoms with van der Waals surface area (Å²) in [5.74, 6) is -0.526. The second-order valence-electron chi connectivity index (χ2n) is 6.70. The third-order valence-corrected chi connectivity index (χ3v) is 4.73. The number of hydrogen-bond acceptors (Lipinski definition) is 5. The molecule has 0 unspecified atom stereocenters. The summed E-state index contributed by atoms with van der Waals surface area (Å²) in [4.78, 5) is 36.3. The summed E-state index contributed by atoms with van der Waals surface area (Å²) in [5.41, 5.74) is 7.94. The quantitative estimate of drug-likeness (QED) is 0.659. The van der Waals surface area contributed by atoms with E-state index >= 15 is 0 Å². The highest BCUT2D eigenvalue weighted by atomic mass is 16.6. The largest absolute Gasteiger partial charge is 0.418 e. The second-order valence-corrected chi connectivity index (χ2v) is 6.70. The lowest BCUT2D eigenvalue weighted by Crippen LogP contribution is -2.44. The zero-order valence-corrected chi connectivity index (χ0v) is 15.5. The molecule has 0 radical (unpaired) electrons. The van der Waals surface area contributed by atoms with Crippen LogP contribution in [0.5, 0.6) is 0 Å². The molecule has 1 saturated heterocycles. The number of nitrogens with two attached hydrogens (primary N) is 1. The van der Waals surface area contributed by atoms with Crippen molar-refractivity contribution in [3.63, 3.8) is 0 Å². The van der Waals surface area contributed by atoms with Crippen molar-refractivity contribution in [1.82, 2.24) is 20.0 Å². The van der Waals surface area contributed by atoms with Crippen molar-refractivity contribution in [3.8, 4) is 5.69 Å². The van der Waals surface area contributed by atoms with E-state index in [0.717, 1.165) is 23.1 Å². The van der Waals surface area contributed by atoms with Gasteiger partial charge in [-0.05, 0) is 30.2 Å². The van der Waals surface area contributed by atoms with Crippen LogP contribution in [0.4, 0.5) is 9.59 Å². The summed E-state index contributed by atoms with van der Waals surface area (Å²) < 4.78 is 6.38. The van der Waals surface area contributed by atoms with Gasteiger partial charge in [0.25, 0.3) is 5.91 Å². The van der Waals surface area contributed by atoms with Crippen molar-refractivity contribution in [2.75, 3.05) is 13.1 Å². The third kappa shape index (κ3) is 3.88. The zero-order valence-electron chi connectivity index (χ0n) is 15.5. The highest BCUT2D eigenvalue weighted by molar-refractivity contribution is 6.04. The van der Waals surface area contributed by atoms with Crippen molar-refractivity contribution in [3.05, 3.63) is 59.8 Å². The normalized spacial score (nSPS) is 13.0. The van der Waals surface area contributed by atoms with Gasteiger partial charge in [0.15, 0.2) is 0 Å². The standard InChI is InChI=1S/C20H19N5O4/c21-18(26)16-4-1-3-14-12-25(23-17(14)16)15-7-5-13(6-8-15)11-22-19(27)29-20(28)24-9-2-10-24/h1,3-8,12H,2,9-11H2,(H2,21,26)(H,22,27). The van der Waals surface area contributed by atoms with Crippen LogP contribution in [0.3, 0.4) is 0 Å².